The molecule has 0 amide bonds. The van der Waals surface area contributed by atoms with Crippen LogP contribution in [0.25, 0.3) is 0 Å². The van der Waals surface area contributed by atoms with Crippen LogP contribution in [0.2, 0.25) is 0 Å². The molecule has 15 nitrogen and oxygen atoms in total. The summed E-state index contributed by atoms with van der Waals surface area (Å²) >= 11 is 0. The molecule has 5 rings (SSSR count). The number of epoxide rings is 1. The van der Waals surface area contributed by atoms with E-state index >= 15 is 0 Å². The van der Waals surface area contributed by atoms with Crippen molar-refractivity contribution in [2.75, 3.05) is 19.8 Å². The molecule has 0 bridgehead atoms. The number of aliphatic hydroxyl groups excluding tert-OH is 9. The van der Waals surface area contributed by atoms with Crippen molar-refractivity contribution in [3.05, 3.63) is 12.3 Å². The summed E-state index contributed by atoms with van der Waals surface area (Å²) in [6, 6.07) is 0. The van der Waals surface area contributed by atoms with E-state index in [2.05, 4.69) is 0 Å². The van der Waals surface area contributed by atoms with Gasteiger partial charge < -0.3 is 74.4 Å². The molecule has 5 aliphatic rings. The molecular formula is C21H32O15. The van der Waals surface area contributed by atoms with Crippen molar-refractivity contribution in [2.24, 2.45) is 11.8 Å². The van der Waals surface area contributed by atoms with Crippen molar-refractivity contribution >= 4 is 0 Å². The van der Waals surface area contributed by atoms with Crippen LogP contribution in [0.4, 0.5) is 0 Å². The number of aliphatic hydroxyl groups is 9. The number of fused-ring (bicyclic) bond motifs is 3. The minimum atomic E-state index is -1.74. The van der Waals surface area contributed by atoms with Gasteiger partial charge in [-0.25, -0.2) is 0 Å². The van der Waals surface area contributed by atoms with E-state index in [-0.39, 0.29) is 0 Å². The third kappa shape index (κ3) is 4.17. The summed E-state index contributed by atoms with van der Waals surface area (Å²) in [7, 11) is 0. The Balaban J connectivity index is 1.25. The zero-order valence-electron chi connectivity index (χ0n) is 18.9. The molecule has 4 fully saturated rings. The maximum Gasteiger partial charge on any atom is 0.208 e. The van der Waals surface area contributed by atoms with E-state index in [1.54, 1.807) is 6.08 Å². The first-order valence-corrected chi connectivity index (χ1v) is 11.7. The quantitative estimate of drug-likeness (QED) is 0.141. The summed E-state index contributed by atoms with van der Waals surface area (Å²) in [5.74, 6) is -1.12. The number of hydrogen-bond donors (Lipinski definition) is 9. The van der Waals surface area contributed by atoms with E-state index in [1.807, 2.05) is 0 Å². The summed E-state index contributed by atoms with van der Waals surface area (Å²) in [5, 5.41) is 90.8. The van der Waals surface area contributed by atoms with Crippen molar-refractivity contribution in [1.82, 2.24) is 0 Å². The zero-order valence-corrected chi connectivity index (χ0v) is 18.9. The fourth-order valence-corrected chi connectivity index (χ4v) is 5.56. The molecule has 15 heteroatoms. The molecular weight excluding hydrogens is 492 g/mol. The van der Waals surface area contributed by atoms with E-state index in [0.717, 1.165) is 0 Å². The summed E-state index contributed by atoms with van der Waals surface area (Å²) < 4.78 is 33.1. The third-order valence-electron chi connectivity index (χ3n) is 7.72. The molecule has 0 spiro atoms. The smallest absolute Gasteiger partial charge is 0.208 e. The Morgan fingerprint density at radius 3 is 2.03 bits per heavy atom. The lowest BCUT2D eigenvalue weighted by molar-refractivity contribution is -0.355. The number of ether oxygens (including phenoxy) is 6. The Hall–Kier alpha value is -1.02. The standard InChI is InChI=1S/C21H32O15/c22-3-7-11(25)13(27)15(29)19(33-7)32-4-8-12(26)14(28)16(30)20(34-8)35-18-9-6(1-2-31-18)10(24)17-21(9,5-23)36-17/h1-2,6-20,22-30H,3-5H2/t6-,7-,8-,9+,10+,11-,12+,13+,14+,15-,16-,17+,18-,19-,20+,21+/m0/s1. The summed E-state index contributed by atoms with van der Waals surface area (Å²) in [4.78, 5) is 0. The monoisotopic (exact) mass is 524 g/mol. The Bertz CT molecular complexity index is 812. The average molecular weight is 524 g/mol. The van der Waals surface area contributed by atoms with Crippen LogP contribution in [-0.2, 0) is 28.4 Å². The van der Waals surface area contributed by atoms with Gasteiger partial charge in [-0.1, -0.05) is 0 Å². The van der Waals surface area contributed by atoms with Crippen LogP contribution in [0.5, 0.6) is 0 Å². The highest BCUT2D eigenvalue weighted by atomic mass is 16.8. The first-order chi connectivity index (χ1) is 17.1. The molecule has 0 unspecified atom stereocenters. The molecule has 1 aliphatic carbocycles. The molecule has 0 radical (unpaired) electrons. The lowest BCUT2D eigenvalue weighted by atomic mass is 9.85. The minimum absolute atomic E-state index is 0.405. The van der Waals surface area contributed by atoms with Gasteiger partial charge >= 0.3 is 0 Å². The van der Waals surface area contributed by atoms with E-state index in [1.165, 1.54) is 6.26 Å². The van der Waals surface area contributed by atoms with Crippen molar-refractivity contribution in [1.29, 1.82) is 0 Å². The minimum Gasteiger partial charge on any atom is -0.472 e. The maximum absolute atomic E-state index is 10.5. The van der Waals surface area contributed by atoms with Gasteiger partial charge in [-0.3, -0.25) is 0 Å². The van der Waals surface area contributed by atoms with Crippen molar-refractivity contribution in [2.45, 2.75) is 85.5 Å². The molecule has 206 valence electrons. The van der Waals surface area contributed by atoms with Gasteiger partial charge in [0.25, 0.3) is 0 Å². The van der Waals surface area contributed by atoms with Crippen molar-refractivity contribution < 1.29 is 74.4 Å². The van der Waals surface area contributed by atoms with E-state index < -0.39 is 117 Å². The molecule has 36 heavy (non-hydrogen) atoms. The van der Waals surface area contributed by atoms with Crippen LogP contribution < -0.4 is 0 Å². The second-order valence-corrected chi connectivity index (χ2v) is 9.76. The molecule has 0 aromatic rings. The predicted molar refractivity (Wildman–Crippen MR) is 109 cm³/mol. The molecule has 16 atom stereocenters. The Kier molecular flexibility index (Phi) is 7.34. The maximum atomic E-state index is 10.5. The highest BCUT2D eigenvalue weighted by Crippen LogP contribution is 2.59. The Morgan fingerprint density at radius 2 is 1.36 bits per heavy atom. The van der Waals surface area contributed by atoms with E-state index in [0.29, 0.717) is 0 Å². The second-order valence-electron chi connectivity index (χ2n) is 9.76. The zero-order chi connectivity index (χ0) is 25.9. The van der Waals surface area contributed by atoms with Gasteiger partial charge in [0.2, 0.25) is 6.29 Å². The molecule has 1 saturated carbocycles. The predicted octanol–water partition coefficient (Wildman–Crippen LogP) is -5.77. The van der Waals surface area contributed by atoms with Gasteiger partial charge in [-0.2, -0.15) is 0 Å². The Morgan fingerprint density at radius 1 is 0.722 bits per heavy atom. The van der Waals surface area contributed by atoms with Crippen LogP contribution in [0, 0.1) is 11.8 Å². The van der Waals surface area contributed by atoms with Crippen LogP contribution in [0.1, 0.15) is 0 Å². The van der Waals surface area contributed by atoms with Gasteiger partial charge in [0, 0.05) is 5.92 Å². The van der Waals surface area contributed by atoms with Gasteiger partial charge in [0.05, 0.1) is 38.1 Å². The molecule has 4 heterocycles. The fraction of sp³-hybridized carbons (Fsp3) is 0.905. The topological polar surface area (TPSA) is 241 Å². The SMILES string of the molecule is OC[C@@H]1O[C@H](OC[C@@H]2O[C@H](O[C@@H]3OC=C[C@@H]4[C@@H](O)[C@H]5O[C@]5(CO)[C@@H]34)[C@@H](O)[C@H](O)[C@@H]2O)[C@@H](O)[C@H](O)[C@H]1O. The highest BCUT2D eigenvalue weighted by Gasteiger charge is 2.75. The Labute approximate surface area is 204 Å². The van der Waals surface area contributed by atoms with E-state index in [4.69, 9.17) is 28.4 Å². The van der Waals surface area contributed by atoms with Gasteiger partial charge in [0.1, 0.15) is 60.5 Å². The molecule has 3 saturated heterocycles. The van der Waals surface area contributed by atoms with Crippen LogP contribution in [0.15, 0.2) is 12.3 Å². The second kappa shape index (κ2) is 9.94. The summed E-state index contributed by atoms with van der Waals surface area (Å²) in [6.45, 7) is -1.59. The van der Waals surface area contributed by atoms with Gasteiger partial charge in [-0.05, 0) is 6.08 Å². The fourth-order valence-electron chi connectivity index (χ4n) is 5.56. The molecule has 0 aromatic carbocycles. The molecule has 4 aliphatic heterocycles. The number of rotatable bonds is 7. The van der Waals surface area contributed by atoms with Crippen LogP contribution >= 0.6 is 0 Å². The molecule has 9 N–H and O–H groups in total. The lowest BCUT2D eigenvalue weighted by Gasteiger charge is -2.44. The summed E-state index contributed by atoms with van der Waals surface area (Å²) in [6.07, 6.45) is -15.4. The highest BCUT2D eigenvalue weighted by molar-refractivity contribution is 5.24. The third-order valence-corrected chi connectivity index (χ3v) is 7.72. The first kappa shape index (κ1) is 26.6. The summed E-state index contributed by atoms with van der Waals surface area (Å²) in [5.41, 5.74) is -1.09. The normalized spacial score (nSPS) is 56.1. The van der Waals surface area contributed by atoms with E-state index in [9.17, 15) is 46.0 Å². The number of hydrogen-bond acceptors (Lipinski definition) is 15. The first-order valence-electron chi connectivity index (χ1n) is 11.7. The molecule has 0 aromatic heterocycles. The van der Waals surface area contributed by atoms with Gasteiger partial charge in [0.15, 0.2) is 12.6 Å². The lowest BCUT2D eigenvalue weighted by Crippen LogP contribution is -2.62. The van der Waals surface area contributed by atoms with Gasteiger partial charge in [-0.15, -0.1) is 0 Å². The van der Waals surface area contributed by atoms with Crippen LogP contribution in [0.3, 0.4) is 0 Å². The average Bonchev–Trinajstić information content (AvgIpc) is 3.57. The van der Waals surface area contributed by atoms with Crippen molar-refractivity contribution in [3.8, 4) is 0 Å². The van der Waals surface area contributed by atoms with Crippen molar-refractivity contribution in [3.63, 3.8) is 0 Å². The van der Waals surface area contributed by atoms with Crippen LogP contribution in [-0.4, -0.2) is 151 Å². The largest absolute Gasteiger partial charge is 0.472 e.